The van der Waals surface area contributed by atoms with Crippen molar-refractivity contribution >= 4 is 15.5 Å². The summed E-state index contributed by atoms with van der Waals surface area (Å²) < 4.78 is 23.0. The molecule has 1 aromatic rings. The number of benzene rings is 1. The van der Waals surface area contributed by atoms with E-state index in [4.69, 9.17) is 5.73 Å². The van der Waals surface area contributed by atoms with Gasteiger partial charge in [-0.15, -0.1) is 0 Å². The Hall–Kier alpha value is -1.07. The summed E-state index contributed by atoms with van der Waals surface area (Å²) in [5, 5.41) is 0. The molecule has 0 aliphatic carbocycles. The number of anilines is 1. The lowest BCUT2D eigenvalue weighted by Gasteiger charge is -2.33. The second-order valence-electron chi connectivity index (χ2n) is 4.99. The summed E-state index contributed by atoms with van der Waals surface area (Å²) in [6.07, 6.45) is 0.912. The van der Waals surface area contributed by atoms with Crippen molar-refractivity contribution in [1.29, 1.82) is 0 Å². The lowest BCUT2D eigenvalue weighted by Crippen LogP contribution is -2.47. The quantitative estimate of drug-likeness (QED) is 0.828. The van der Waals surface area contributed by atoms with Crippen LogP contribution in [0.2, 0.25) is 0 Å². The summed E-state index contributed by atoms with van der Waals surface area (Å²) in [7, 11) is -2.82. The first-order chi connectivity index (χ1) is 8.46. The molecule has 1 aromatic carbocycles. The van der Waals surface area contributed by atoms with E-state index in [-0.39, 0.29) is 17.5 Å². The van der Waals surface area contributed by atoms with Crippen LogP contribution in [0.15, 0.2) is 24.3 Å². The molecule has 18 heavy (non-hydrogen) atoms. The van der Waals surface area contributed by atoms with E-state index in [1.807, 2.05) is 25.1 Å². The molecule has 1 heterocycles. The third-order valence-electron chi connectivity index (χ3n) is 3.45. The molecular formula is C13H20N2O2S. The van der Waals surface area contributed by atoms with Crippen molar-refractivity contribution in [1.82, 2.24) is 4.90 Å². The van der Waals surface area contributed by atoms with Crippen LogP contribution in [0.25, 0.3) is 0 Å². The Morgan fingerprint density at radius 1 is 1.44 bits per heavy atom. The van der Waals surface area contributed by atoms with Gasteiger partial charge >= 0.3 is 0 Å². The van der Waals surface area contributed by atoms with Crippen molar-refractivity contribution in [2.45, 2.75) is 19.4 Å². The third-order valence-corrected chi connectivity index (χ3v) is 5.24. The molecule has 0 radical (unpaired) electrons. The first-order valence-corrected chi connectivity index (χ1v) is 8.07. The highest BCUT2D eigenvalue weighted by Crippen LogP contribution is 2.13. The zero-order valence-corrected chi connectivity index (χ0v) is 11.5. The average Bonchev–Trinajstić information content (AvgIpc) is 2.27. The van der Waals surface area contributed by atoms with E-state index in [0.29, 0.717) is 6.54 Å². The molecule has 4 nitrogen and oxygen atoms in total. The Morgan fingerprint density at radius 3 is 2.89 bits per heavy atom. The molecule has 0 aromatic heterocycles. The van der Waals surface area contributed by atoms with Gasteiger partial charge in [-0.25, -0.2) is 8.42 Å². The van der Waals surface area contributed by atoms with Gasteiger partial charge in [-0.1, -0.05) is 12.1 Å². The van der Waals surface area contributed by atoms with E-state index in [1.165, 1.54) is 5.56 Å². The number of nitrogen functional groups attached to an aromatic ring is 1. The topological polar surface area (TPSA) is 63.4 Å². The van der Waals surface area contributed by atoms with Gasteiger partial charge in [-0.05, 0) is 31.0 Å². The van der Waals surface area contributed by atoms with E-state index >= 15 is 0 Å². The molecule has 2 rings (SSSR count). The second-order valence-corrected chi connectivity index (χ2v) is 7.22. The third kappa shape index (κ3) is 3.46. The predicted molar refractivity (Wildman–Crippen MR) is 74.2 cm³/mol. The van der Waals surface area contributed by atoms with Gasteiger partial charge in [-0.2, -0.15) is 0 Å². The first kappa shape index (κ1) is 13.4. The molecule has 0 bridgehead atoms. The molecule has 5 heteroatoms. The average molecular weight is 268 g/mol. The summed E-state index contributed by atoms with van der Waals surface area (Å²) in [5.41, 5.74) is 7.72. The van der Waals surface area contributed by atoms with Gasteiger partial charge in [0.15, 0.2) is 9.84 Å². The molecule has 0 amide bonds. The Balaban J connectivity index is 1.91. The smallest absolute Gasteiger partial charge is 0.153 e. The van der Waals surface area contributed by atoms with Crippen LogP contribution < -0.4 is 5.73 Å². The van der Waals surface area contributed by atoms with Crippen molar-refractivity contribution in [3.63, 3.8) is 0 Å². The molecular weight excluding hydrogens is 248 g/mol. The van der Waals surface area contributed by atoms with Gasteiger partial charge in [0.2, 0.25) is 0 Å². The molecule has 0 saturated carbocycles. The van der Waals surface area contributed by atoms with Crippen LogP contribution in [0.5, 0.6) is 0 Å². The molecule has 1 aliphatic rings. The van der Waals surface area contributed by atoms with Gasteiger partial charge in [0.25, 0.3) is 0 Å². The van der Waals surface area contributed by atoms with Crippen molar-refractivity contribution in [3.8, 4) is 0 Å². The van der Waals surface area contributed by atoms with Gasteiger partial charge in [-0.3, -0.25) is 4.90 Å². The summed E-state index contributed by atoms with van der Waals surface area (Å²) in [5.74, 6) is 0.568. The second kappa shape index (κ2) is 5.28. The zero-order chi connectivity index (χ0) is 13.2. The van der Waals surface area contributed by atoms with Crippen LogP contribution in [0.3, 0.4) is 0 Å². The molecule has 1 fully saturated rings. The highest BCUT2D eigenvalue weighted by Gasteiger charge is 2.27. The molecule has 0 spiro atoms. The Bertz CT molecular complexity index is 513. The predicted octanol–water partition coefficient (Wildman–Crippen LogP) is 0.930. The first-order valence-electron chi connectivity index (χ1n) is 6.25. The zero-order valence-electron chi connectivity index (χ0n) is 10.7. The lowest BCUT2D eigenvalue weighted by atomic mass is 10.1. The number of nitrogens with two attached hydrogens (primary N) is 1. The van der Waals surface area contributed by atoms with Crippen molar-refractivity contribution < 1.29 is 8.42 Å². The Morgan fingerprint density at radius 2 is 2.22 bits per heavy atom. The number of nitrogens with zero attached hydrogens (tertiary/aromatic N) is 1. The number of hydrogen-bond donors (Lipinski definition) is 1. The van der Waals surface area contributed by atoms with E-state index in [2.05, 4.69) is 11.0 Å². The van der Waals surface area contributed by atoms with Crippen molar-refractivity contribution in [2.75, 3.05) is 30.3 Å². The van der Waals surface area contributed by atoms with E-state index in [0.717, 1.165) is 18.7 Å². The monoisotopic (exact) mass is 268 g/mol. The molecule has 1 aliphatic heterocycles. The van der Waals surface area contributed by atoms with Crippen LogP contribution in [0, 0.1) is 0 Å². The van der Waals surface area contributed by atoms with Crippen LogP contribution in [-0.2, 0) is 16.3 Å². The fourth-order valence-corrected chi connectivity index (χ4v) is 4.01. The highest BCUT2D eigenvalue weighted by atomic mass is 32.2. The lowest BCUT2D eigenvalue weighted by molar-refractivity contribution is 0.229. The molecule has 1 unspecified atom stereocenters. The Kier molecular flexibility index (Phi) is 3.92. The van der Waals surface area contributed by atoms with Crippen LogP contribution >= 0.6 is 0 Å². The summed E-state index contributed by atoms with van der Waals surface area (Å²) in [4.78, 5) is 2.24. The minimum Gasteiger partial charge on any atom is -0.399 e. The fraction of sp³-hybridized carbons (Fsp3) is 0.538. The number of sulfone groups is 1. The van der Waals surface area contributed by atoms with Crippen LogP contribution in [-0.4, -0.2) is 44.0 Å². The normalized spacial score (nSPS) is 23.9. The maximum absolute atomic E-state index is 11.5. The largest absolute Gasteiger partial charge is 0.399 e. The SMILES string of the molecule is CC1CS(=O)(=O)CCN1CCc1cccc(N)c1. The van der Waals surface area contributed by atoms with E-state index < -0.39 is 9.84 Å². The molecule has 1 saturated heterocycles. The molecule has 1 atom stereocenters. The van der Waals surface area contributed by atoms with E-state index in [9.17, 15) is 8.42 Å². The fourth-order valence-electron chi connectivity index (χ4n) is 2.39. The van der Waals surface area contributed by atoms with E-state index in [1.54, 1.807) is 0 Å². The standard InChI is InChI=1S/C13H20N2O2S/c1-11-10-18(16,17)8-7-15(11)6-5-12-3-2-4-13(14)9-12/h2-4,9,11H,5-8,10,14H2,1H3. The van der Waals surface area contributed by atoms with Crippen molar-refractivity contribution in [2.24, 2.45) is 0 Å². The summed E-state index contributed by atoms with van der Waals surface area (Å²) >= 11 is 0. The molecule has 100 valence electrons. The van der Waals surface area contributed by atoms with Gasteiger partial charge in [0, 0.05) is 24.8 Å². The summed E-state index contributed by atoms with van der Waals surface area (Å²) in [6, 6.07) is 7.98. The van der Waals surface area contributed by atoms with Crippen LogP contribution in [0.1, 0.15) is 12.5 Å². The minimum absolute atomic E-state index is 0.116. The van der Waals surface area contributed by atoms with Gasteiger partial charge in [0.1, 0.15) is 0 Å². The van der Waals surface area contributed by atoms with Gasteiger partial charge in [0.05, 0.1) is 11.5 Å². The van der Waals surface area contributed by atoms with Crippen molar-refractivity contribution in [3.05, 3.63) is 29.8 Å². The Labute approximate surface area is 109 Å². The maximum atomic E-state index is 11.5. The molecule has 2 N–H and O–H groups in total. The maximum Gasteiger partial charge on any atom is 0.153 e. The minimum atomic E-state index is -2.82. The van der Waals surface area contributed by atoms with Crippen LogP contribution in [0.4, 0.5) is 5.69 Å². The number of hydrogen-bond acceptors (Lipinski definition) is 4. The van der Waals surface area contributed by atoms with Gasteiger partial charge < -0.3 is 5.73 Å². The highest BCUT2D eigenvalue weighted by molar-refractivity contribution is 7.91. The summed E-state index contributed by atoms with van der Waals surface area (Å²) in [6.45, 7) is 3.52. The number of rotatable bonds is 3.